The number of ether oxygens (including phenoxy) is 1. The van der Waals surface area contributed by atoms with Gasteiger partial charge in [0.25, 0.3) is 5.91 Å². The first-order valence-electron chi connectivity index (χ1n) is 7.57. The van der Waals surface area contributed by atoms with Gasteiger partial charge in [0.05, 0.1) is 30.2 Å². The number of nitrogens with zero attached hydrogens (tertiary/aromatic N) is 1. The maximum atomic E-state index is 12.8. The van der Waals surface area contributed by atoms with Crippen LogP contribution in [0.3, 0.4) is 0 Å². The van der Waals surface area contributed by atoms with Gasteiger partial charge in [0.2, 0.25) is 10.0 Å². The fraction of sp³-hybridized carbons (Fsp3) is 0.467. The average molecular weight is 372 g/mol. The van der Waals surface area contributed by atoms with Crippen molar-refractivity contribution in [2.45, 2.75) is 17.4 Å². The van der Waals surface area contributed by atoms with Crippen molar-refractivity contribution >= 4 is 21.9 Å². The van der Waals surface area contributed by atoms with Crippen molar-refractivity contribution in [1.29, 1.82) is 0 Å². The minimum absolute atomic E-state index is 0.116. The molecule has 1 fully saturated rings. The lowest BCUT2D eigenvalue weighted by molar-refractivity contribution is -0.155. The molecule has 1 unspecified atom stereocenters. The van der Waals surface area contributed by atoms with E-state index in [-0.39, 0.29) is 36.8 Å². The highest BCUT2D eigenvalue weighted by Gasteiger charge is 2.33. The van der Waals surface area contributed by atoms with E-state index in [0.717, 1.165) is 6.92 Å². The Kier molecular flexibility index (Phi) is 5.78. The number of benzene rings is 1. The highest BCUT2D eigenvalue weighted by atomic mass is 32.2. The lowest BCUT2D eigenvalue weighted by atomic mass is 10.1. The number of hydrogen-bond acceptors (Lipinski definition) is 6. The summed E-state index contributed by atoms with van der Waals surface area (Å²) in [6.45, 7) is 1.39. The van der Waals surface area contributed by atoms with Gasteiger partial charge in [0, 0.05) is 13.1 Å². The van der Waals surface area contributed by atoms with Gasteiger partial charge in [-0.15, -0.1) is 0 Å². The predicted octanol–water partition coefficient (Wildman–Crippen LogP) is -0.727. The van der Waals surface area contributed by atoms with E-state index in [0.29, 0.717) is 0 Å². The van der Waals surface area contributed by atoms with Crippen molar-refractivity contribution in [2.24, 2.45) is 0 Å². The van der Waals surface area contributed by atoms with Crippen LogP contribution in [0.25, 0.3) is 0 Å². The molecule has 2 rings (SSSR count). The summed E-state index contributed by atoms with van der Waals surface area (Å²) in [5.41, 5.74) is -2.27. The van der Waals surface area contributed by atoms with Crippen molar-refractivity contribution in [3.05, 3.63) is 29.8 Å². The van der Waals surface area contributed by atoms with E-state index in [1.54, 1.807) is 0 Å². The molecule has 0 saturated carbocycles. The van der Waals surface area contributed by atoms with Gasteiger partial charge < -0.3 is 20.3 Å². The number of sulfonamides is 1. The summed E-state index contributed by atoms with van der Waals surface area (Å²) in [6.07, 6.45) is 0. The van der Waals surface area contributed by atoms with E-state index in [4.69, 9.17) is 9.84 Å². The summed E-state index contributed by atoms with van der Waals surface area (Å²) in [7, 11) is -3.89. The number of carboxylic acids is 1. The second-order valence-electron chi connectivity index (χ2n) is 5.77. The van der Waals surface area contributed by atoms with Gasteiger partial charge in [-0.2, -0.15) is 4.31 Å². The van der Waals surface area contributed by atoms with Crippen LogP contribution in [0, 0.1) is 0 Å². The number of rotatable bonds is 6. The Bertz CT molecular complexity index is 755. The number of aliphatic carboxylic acids is 1. The van der Waals surface area contributed by atoms with Crippen LogP contribution < -0.4 is 5.32 Å². The normalized spacial score (nSPS) is 18.3. The summed E-state index contributed by atoms with van der Waals surface area (Å²) >= 11 is 0. The summed E-state index contributed by atoms with van der Waals surface area (Å²) in [6, 6.07) is 5.65. The van der Waals surface area contributed by atoms with Gasteiger partial charge >= 0.3 is 5.97 Å². The molecule has 9 nitrogen and oxygen atoms in total. The van der Waals surface area contributed by atoms with Gasteiger partial charge in [-0.05, 0) is 19.1 Å². The fourth-order valence-electron chi connectivity index (χ4n) is 2.23. The second kappa shape index (κ2) is 7.48. The third-order valence-electron chi connectivity index (χ3n) is 3.77. The largest absolute Gasteiger partial charge is 0.479 e. The Morgan fingerprint density at radius 3 is 2.48 bits per heavy atom. The minimum atomic E-state index is -3.89. The van der Waals surface area contributed by atoms with Gasteiger partial charge in [-0.1, -0.05) is 12.1 Å². The third-order valence-corrected chi connectivity index (χ3v) is 5.73. The topological polar surface area (TPSA) is 133 Å². The molecule has 0 radical (unpaired) electrons. The van der Waals surface area contributed by atoms with E-state index < -0.39 is 34.0 Å². The molecular weight excluding hydrogens is 352 g/mol. The molecule has 0 aliphatic carbocycles. The molecule has 1 aromatic carbocycles. The van der Waals surface area contributed by atoms with Gasteiger partial charge in [0.1, 0.15) is 0 Å². The molecule has 1 aliphatic heterocycles. The zero-order valence-electron chi connectivity index (χ0n) is 13.6. The highest BCUT2D eigenvalue weighted by Crippen LogP contribution is 2.21. The predicted molar refractivity (Wildman–Crippen MR) is 86.6 cm³/mol. The first kappa shape index (κ1) is 19.3. The number of carbonyl (C=O) groups excluding carboxylic acids is 1. The van der Waals surface area contributed by atoms with Crippen LogP contribution in [0.4, 0.5) is 0 Å². The van der Waals surface area contributed by atoms with Gasteiger partial charge in [-0.3, -0.25) is 4.79 Å². The smallest absolute Gasteiger partial charge is 0.337 e. The highest BCUT2D eigenvalue weighted by molar-refractivity contribution is 7.89. The quantitative estimate of drug-likeness (QED) is 0.600. The maximum absolute atomic E-state index is 12.8. The first-order chi connectivity index (χ1) is 11.7. The molecular formula is C15H20N2O7S. The molecule has 138 valence electrons. The van der Waals surface area contributed by atoms with E-state index in [9.17, 15) is 23.1 Å². The lowest BCUT2D eigenvalue weighted by Crippen LogP contribution is -2.47. The number of nitrogens with one attached hydrogen (secondary N) is 1. The van der Waals surface area contributed by atoms with Crippen molar-refractivity contribution in [1.82, 2.24) is 9.62 Å². The zero-order chi connectivity index (χ0) is 18.7. The van der Waals surface area contributed by atoms with Gasteiger partial charge in [0.15, 0.2) is 5.60 Å². The van der Waals surface area contributed by atoms with Crippen LogP contribution in [-0.2, 0) is 19.6 Å². The molecule has 1 amide bonds. The summed E-state index contributed by atoms with van der Waals surface area (Å²) in [5.74, 6) is -2.28. The van der Waals surface area contributed by atoms with Crippen LogP contribution in [0.5, 0.6) is 0 Å². The SMILES string of the molecule is CC(O)(CNC(=O)c1ccccc1S(=O)(=O)N1CCOCC1)C(=O)O. The number of morpholine rings is 1. The molecule has 0 spiro atoms. The van der Waals surface area contributed by atoms with Crippen molar-refractivity contribution in [2.75, 3.05) is 32.8 Å². The molecule has 1 saturated heterocycles. The molecule has 3 N–H and O–H groups in total. The summed E-state index contributed by atoms with van der Waals surface area (Å²) in [5, 5.41) is 20.8. The number of hydrogen-bond donors (Lipinski definition) is 3. The third kappa shape index (κ3) is 4.34. The molecule has 1 atom stereocenters. The lowest BCUT2D eigenvalue weighted by Gasteiger charge is -2.27. The molecule has 10 heteroatoms. The number of aliphatic hydroxyl groups is 1. The standard InChI is InChI=1S/C15H20N2O7S/c1-15(21,14(19)20)10-16-13(18)11-4-2-3-5-12(11)25(22,23)17-6-8-24-9-7-17/h2-5,21H,6-10H2,1H3,(H,16,18)(H,19,20). The molecule has 0 bridgehead atoms. The van der Waals surface area contributed by atoms with Crippen LogP contribution in [0.15, 0.2) is 29.2 Å². The second-order valence-corrected chi connectivity index (χ2v) is 7.68. The number of carbonyl (C=O) groups is 2. The van der Waals surface area contributed by atoms with Crippen LogP contribution >= 0.6 is 0 Å². The zero-order valence-corrected chi connectivity index (χ0v) is 14.5. The number of carboxylic acid groups (broad SMARTS) is 1. The Balaban J connectivity index is 2.25. The minimum Gasteiger partial charge on any atom is -0.479 e. The van der Waals surface area contributed by atoms with Crippen LogP contribution in [0.2, 0.25) is 0 Å². The van der Waals surface area contributed by atoms with Crippen molar-refractivity contribution < 1.29 is 33.0 Å². The van der Waals surface area contributed by atoms with E-state index >= 15 is 0 Å². The molecule has 1 aliphatic rings. The van der Waals surface area contributed by atoms with Crippen molar-refractivity contribution in [3.8, 4) is 0 Å². The Hall–Kier alpha value is -2.01. The maximum Gasteiger partial charge on any atom is 0.337 e. The molecule has 25 heavy (non-hydrogen) atoms. The molecule has 1 aromatic rings. The van der Waals surface area contributed by atoms with E-state index in [1.807, 2.05) is 0 Å². The number of amides is 1. The Morgan fingerprint density at radius 1 is 1.28 bits per heavy atom. The Morgan fingerprint density at radius 2 is 1.88 bits per heavy atom. The van der Waals surface area contributed by atoms with E-state index in [1.165, 1.54) is 28.6 Å². The van der Waals surface area contributed by atoms with Gasteiger partial charge in [-0.25, -0.2) is 13.2 Å². The Labute approximate surface area is 145 Å². The fourth-order valence-corrected chi connectivity index (χ4v) is 3.83. The first-order valence-corrected chi connectivity index (χ1v) is 9.01. The average Bonchev–Trinajstić information content (AvgIpc) is 2.60. The summed E-state index contributed by atoms with van der Waals surface area (Å²) < 4.78 is 31.9. The van der Waals surface area contributed by atoms with Crippen molar-refractivity contribution in [3.63, 3.8) is 0 Å². The molecule has 0 aromatic heterocycles. The van der Waals surface area contributed by atoms with Crippen LogP contribution in [0.1, 0.15) is 17.3 Å². The monoisotopic (exact) mass is 372 g/mol. The molecule has 1 heterocycles. The summed E-state index contributed by atoms with van der Waals surface area (Å²) in [4.78, 5) is 23.1. The van der Waals surface area contributed by atoms with E-state index in [2.05, 4.69) is 5.32 Å². The van der Waals surface area contributed by atoms with Crippen LogP contribution in [-0.4, -0.2) is 73.3 Å².